The molecular weight excluding hydrogens is 238 g/mol. The molecule has 4 atom stereocenters. The van der Waals surface area contributed by atoms with E-state index in [1.165, 1.54) is 25.7 Å². The van der Waals surface area contributed by atoms with Crippen molar-refractivity contribution in [1.82, 2.24) is 4.90 Å². The number of hydrogen-bond acceptors (Lipinski definition) is 2. The van der Waals surface area contributed by atoms with Gasteiger partial charge in [-0.15, -0.1) is 0 Å². The minimum Gasteiger partial charge on any atom is -0.480 e. The van der Waals surface area contributed by atoms with E-state index in [4.69, 9.17) is 0 Å². The molecule has 19 heavy (non-hydrogen) atoms. The second-order valence-corrected chi connectivity index (χ2v) is 6.34. The molecule has 0 aromatic heterocycles. The third-order valence-electron chi connectivity index (χ3n) is 5.22. The fraction of sp³-hybridized carbons (Fsp3) is 0.938. The van der Waals surface area contributed by atoms with Crippen LogP contribution >= 0.6 is 0 Å². The van der Waals surface area contributed by atoms with Crippen LogP contribution in [0.5, 0.6) is 0 Å². The first kappa shape index (κ1) is 14.8. The highest BCUT2D eigenvalue weighted by Crippen LogP contribution is 2.40. The molecule has 3 nitrogen and oxygen atoms in total. The van der Waals surface area contributed by atoms with Gasteiger partial charge in [0.2, 0.25) is 0 Å². The monoisotopic (exact) mass is 267 g/mol. The molecule has 2 fully saturated rings. The van der Waals surface area contributed by atoms with Gasteiger partial charge in [0.25, 0.3) is 0 Å². The third kappa shape index (κ3) is 3.13. The molecule has 0 bridgehead atoms. The lowest BCUT2D eigenvalue weighted by Crippen LogP contribution is -2.58. The molecule has 3 heteroatoms. The number of piperidine rings is 1. The highest BCUT2D eigenvalue weighted by molar-refractivity contribution is 5.73. The van der Waals surface area contributed by atoms with Crippen molar-refractivity contribution in [3.05, 3.63) is 0 Å². The van der Waals surface area contributed by atoms with Gasteiger partial charge in [0.1, 0.15) is 6.04 Å². The van der Waals surface area contributed by atoms with Crippen LogP contribution in [0.3, 0.4) is 0 Å². The van der Waals surface area contributed by atoms with Crippen LogP contribution in [0.25, 0.3) is 0 Å². The van der Waals surface area contributed by atoms with E-state index in [-0.39, 0.29) is 6.04 Å². The predicted octanol–water partition coefficient (Wildman–Crippen LogP) is 3.67. The van der Waals surface area contributed by atoms with E-state index < -0.39 is 5.97 Å². The van der Waals surface area contributed by atoms with Crippen molar-refractivity contribution in [2.24, 2.45) is 5.92 Å². The first-order valence-corrected chi connectivity index (χ1v) is 8.19. The van der Waals surface area contributed by atoms with E-state index in [0.717, 1.165) is 38.0 Å². The average Bonchev–Trinajstić information content (AvgIpc) is 2.43. The van der Waals surface area contributed by atoms with Crippen LogP contribution in [0.15, 0.2) is 0 Å². The van der Waals surface area contributed by atoms with E-state index in [0.29, 0.717) is 12.1 Å². The number of nitrogens with zero attached hydrogens (tertiary/aromatic N) is 1. The quantitative estimate of drug-likeness (QED) is 0.826. The summed E-state index contributed by atoms with van der Waals surface area (Å²) >= 11 is 0. The lowest BCUT2D eigenvalue weighted by Gasteiger charge is -2.50. The minimum atomic E-state index is -0.599. The topological polar surface area (TPSA) is 40.5 Å². The zero-order valence-corrected chi connectivity index (χ0v) is 12.5. The summed E-state index contributed by atoms with van der Waals surface area (Å²) in [6, 6.07) is 0.785. The van der Waals surface area contributed by atoms with Gasteiger partial charge >= 0.3 is 5.97 Å². The Bertz CT molecular complexity index is 305. The first-order chi connectivity index (χ1) is 9.19. The fourth-order valence-electron chi connectivity index (χ4n) is 4.34. The standard InChI is InChI=1S/C16H29NO2/c1-3-7-13(4-2)17-14-9-6-5-8-12(14)10-11-15(17)16(18)19/h12-15H,3-11H2,1-2H3,(H,18,19). The number of likely N-dealkylation sites (tertiary alicyclic amines) is 1. The number of carboxylic acid groups (broad SMARTS) is 1. The van der Waals surface area contributed by atoms with Gasteiger partial charge in [-0.2, -0.15) is 0 Å². The second-order valence-electron chi connectivity index (χ2n) is 6.34. The molecule has 1 aliphatic carbocycles. The Kier molecular flexibility index (Phi) is 5.26. The van der Waals surface area contributed by atoms with Gasteiger partial charge in [-0.05, 0) is 44.4 Å². The largest absolute Gasteiger partial charge is 0.480 e. The zero-order chi connectivity index (χ0) is 13.8. The van der Waals surface area contributed by atoms with Crippen molar-refractivity contribution >= 4 is 5.97 Å². The Morgan fingerprint density at radius 1 is 1.21 bits per heavy atom. The molecule has 0 aromatic rings. The Balaban J connectivity index is 2.20. The number of aliphatic carboxylic acids is 1. The fourth-order valence-corrected chi connectivity index (χ4v) is 4.34. The molecule has 2 aliphatic rings. The van der Waals surface area contributed by atoms with Crippen LogP contribution in [0.4, 0.5) is 0 Å². The van der Waals surface area contributed by atoms with Crippen molar-refractivity contribution in [1.29, 1.82) is 0 Å². The maximum Gasteiger partial charge on any atom is 0.320 e. The Labute approximate surface area is 117 Å². The molecule has 1 saturated carbocycles. The van der Waals surface area contributed by atoms with Crippen LogP contribution in [0, 0.1) is 5.92 Å². The molecule has 110 valence electrons. The molecule has 0 radical (unpaired) electrons. The zero-order valence-electron chi connectivity index (χ0n) is 12.5. The van der Waals surface area contributed by atoms with Crippen LogP contribution < -0.4 is 0 Å². The molecular formula is C16H29NO2. The minimum absolute atomic E-state index is 0.226. The molecule has 1 aliphatic heterocycles. The SMILES string of the molecule is CCCC(CC)N1C(C(=O)O)CCC2CCCCC21. The smallest absolute Gasteiger partial charge is 0.320 e. The van der Waals surface area contributed by atoms with Crippen molar-refractivity contribution in [3.8, 4) is 0 Å². The maximum absolute atomic E-state index is 11.6. The molecule has 4 unspecified atom stereocenters. The maximum atomic E-state index is 11.6. The summed E-state index contributed by atoms with van der Waals surface area (Å²) in [4.78, 5) is 14.0. The Morgan fingerprint density at radius 3 is 2.58 bits per heavy atom. The second kappa shape index (κ2) is 6.74. The normalized spacial score (nSPS) is 33.7. The van der Waals surface area contributed by atoms with Crippen molar-refractivity contribution in [2.75, 3.05) is 0 Å². The van der Waals surface area contributed by atoms with Crippen LogP contribution in [-0.2, 0) is 4.79 Å². The van der Waals surface area contributed by atoms with E-state index in [2.05, 4.69) is 18.7 Å². The highest BCUT2D eigenvalue weighted by atomic mass is 16.4. The molecule has 1 N–H and O–H groups in total. The number of rotatable bonds is 5. The first-order valence-electron chi connectivity index (χ1n) is 8.19. The highest BCUT2D eigenvalue weighted by Gasteiger charge is 2.43. The van der Waals surface area contributed by atoms with Crippen molar-refractivity contribution < 1.29 is 9.90 Å². The Hall–Kier alpha value is -0.570. The molecule has 1 saturated heterocycles. The van der Waals surface area contributed by atoms with Crippen molar-refractivity contribution in [3.63, 3.8) is 0 Å². The van der Waals surface area contributed by atoms with Crippen LogP contribution in [-0.4, -0.2) is 34.1 Å². The summed E-state index contributed by atoms with van der Waals surface area (Å²) < 4.78 is 0. The summed E-state index contributed by atoms with van der Waals surface area (Å²) in [6.45, 7) is 4.42. The van der Waals surface area contributed by atoms with Crippen molar-refractivity contribution in [2.45, 2.75) is 89.8 Å². The molecule has 2 rings (SSSR count). The number of hydrogen-bond donors (Lipinski definition) is 1. The summed E-state index contributed by atoms with van der Waals surface area (Å²) in [6.07, 6.45) is 10.5. The van der Waals surface area contributed by atoms with Gasteiger partial charge in [0, 0.05) is 12.1 Å². The molecule has 0 amide bonds. The molecule has 0 aromatic carbocycles. The van der Waals surface area contributed by atoms with Gasteiger partial charge in [-0.25, -0.2) is 0 Å². The summed E-state index contributed by atoms with van der Waals surface area (Å²) in [7, 11) is 0. The third-order valence-corrected chi connectivity index (χ3v) is 5.22. The average molecular weight is 267 g/mol. The number of carboxylic acids is 1. The summed E-state index contributed by atoms with van der Waals surface area (Å²) in [5, 5.41) is 9.57. The van der Waals surface area contributed by atoms with E-state index >= 15 is 0 Å². The van der Waals surface area contributed by atoms with Gasteiger partial charge in [-0.1, -0.05) is 33.1 Å². The predicted molar refractivity (Wildman–Crippen MR) is 77.2 cm³/mol. The molecule has 1 heterocycles. The summed E-state index contributed by atoms with van der Waals surface area (Å²) in [5.74, 6) is 0.161. The number of carbonyl (C=O) groups is 1. The van der Waals surface area contributed by atoms with E-state index in [1.807, 2.05) is 0 Å². The summed E-state index contributed by atoms with van der Waals surface area (Å²) in [5.41, 5.74) is 0. The molecule has 0 spiro atoms. The van der Waals surface area contributed by atoms with Crippen LogP contribution in [0.1, 0.15) is 71.6 Å². The number of fused-ring (bicyclic) bond motifs is 1. The lowest BCUT2D eigenvalue weighted by atomic mass is 9.75. The van der Waals surface area contributed by atoms with Gasteiger partial charge in [-0.3, -0.25) is 9.69 Å². The van der Waals surface area contributed by atoms with Crippen LogP contribution in [0.2, 0.25) is 0 Å². The Morgan fingerprint density at radius 2 is 1.95 bits per heavy atom. The van der Waals surface area contributed by atoms with Gasteiger partial charge < -0.3 is 5.11 Å². The van der Waals surface area contributed by atoms with Gasteiger partial charge in [0.05, 0.1) is 0 Å². The lowest BCUT2D eigenvalue weighted by molar-refractivity contribution is -0.150. The van der Waals surface area contributed by atoms with Gasteiger partial charge in [0.15, 0.2) is 0 Å². The van der Waals surface area contributed by atoms with E-state index in [9.17, 15) is 9.90 Å². The van der Waals surface area contributed by atoms with E-state index in [1.54, 1.807) is 0 Å².